The van der Waals surface area contributed by atoms with Gasteiger partial charge in [-0.25, -0.2) is 4.79 Å². The summed E-state index contributed by atoms with van der Waals surface area (Å²) < 4.78 is 2.40. The summed E-state index contributed by atoms with van der Waals surface area (Å²) in [5.41, 5.74) is 0.591. The van der Waals surface area contributed by atoms with Gasteiger partial charge in [0, 0.05) is 17.8 Å². The number of aromatic nitrogens is 2. The SMILES string of the molecule is CCn1c(=O)c2ccccc2n(CC(=O)Nc2ccc(C(C)=O)cc2)c1=O. The van der Waals surface area contributed by atoms with Crippen LogP contribution in [0.15, 0.2) is 58.1 Å². The van der Waals surface area contributed by atoms with Crippen LogP contribution in [0.5, 0.6) is 0 Å². The molecule has 7 nitrogen and oxygen atoms in total. The maximum absolute atomic E-state index is 12.7. The van der Waals surface area contributed by atoms with Gasteiger partial charge < -0.3 is 5.32 Å². The Kier molecular flexibility index (Phi) is 5.03. The predicted molar refractivity (Wildman–Crippen MR) is 103 cm³/mol. The molecule has 7 heteroatoms. The Morgan fingerprint density at radius 2 is 1.63 bits per heavy atom. The Hall–Kier alpha value is -3.48. The molecule has 0 saturated heterocycles. The van der Waals surface area contributed by atoms with Crippen LogP contribution in [-0.2, 0) is 17.9 Å². The zero-order valence-electron chi connectivity index (χ0n) is 15.1. The third kappa shape index (κ3) is 3.57. The molecule has 0 aliphatic rings. The summed E-state index contributed by atoms with van der Waals surface area (Å²) >= 11 is 0. The summed E-state index contributed by atoms with van der Waals surface area (Å²) in [4.78, 5) is 48.8. The molecule has 0 saturated carbocycles. The Balaban J connectivity index is 1.94. The Morgan fingerprint density at radius 1 is 0.963 bits per heavy atom. The van der Waals surface area contributed by atoms with Crippen molar-refractivity contribution in [3.8, 4) is 0 Å². The molecule has 0 fully saturated rings. The van der Waals surface area contributed by atoms with Gasteiger partial charge in [-0.05, 0) is 50.2 Å². The fourth-order valence-electron chi connectivity index (χ4n) is 2.93. The molecular formula is C20H19N3O4. The van der Waals surface area contributed by atoms with Crippen LogP contribution in [0.2, 0.25) is 0 Å². The highest BCUT2D eigenvalue weighted by molar-refractivity contribution is 5.95. The van der Waals surface area contributed by atoms with Crippen molar-refractivity contribution in [2.75, 3.05) is 5.32 Å². The Bertz CT molecular complexity index is 1140. The minimum Gasteiger partial charge on any atom is -0.325 e. The van der Waals surface area contributed by atoms with Gasteiger partial charge in [-0.1, -0.05) is 12.1 Å². The third-order valence-corrected chi connectivity index (χ3v) is 4.33. The first kappa shape index (κ1) is 18.3. The fraction of sp³-hybridized carbons (Fsp3) is 0.200. The fourth-order valence-corrected chi connectivity index (χ4v) is 2.93. The zero-order chi connectivity index (χ0) is 19.6. The van der Waals surface area contributed by atoms with Crippen molar-refractivity contribution in [3.05, 3.63) is 74.9 Å². The van der Waals surface area contributed by atoms with Crippen molar-refractivity contribution >= 4 is 28.3 Å². The third-order valence-electron chi connectivity index (χ3n) is 4.33. The zero-order valence-corrected chi connectivity index (χ0v) is 15.1. The van der Waals surface area contributed by atoms with Gasteiger partial charge in [-0.2, -0.15) is 0 Å². The molecule has 3 aromatic rings. The summed E-state index contributed by atoms with van der Waals surface area (Å²) in [6.45, 7) is 3.16. The number of anilines is 1. The van der Waals surface area contributed by atoms with E-state index in [2.05, 4.69) is 5.32 Å². The van der Waals surface area contributed by atoms with Gasteiger partial charge in [0.1, 0.15) is 6.54 Å². The number of ketones is 1. The number of benzene rings is 2. The van der Waals surface area contributed by atoms with Gasteiger partial charge in [0.25, 0.3) is 5.56 Å². The van der Waals surface area contributed by atoms with Gasteiger partial charge >= 0.3 is 5.69 Å². The van der Waals surface area contributed by atoms with Gasteiger partial charge in [-0.3, -0.25) is 23.5 Å². The molecule has 0 spiro atoms. The van der Waals surface area contributed by atoms with Crippen molar-refractivity contribution in [1.29, 1.82) is 0 Å². The first-order chi connectivity index (χ1) is 12.9. The van der Waals surface area contributed by atoms with Crippen LogP contribution >= 0.6 is 0 Å². The molecule has 0 bridgehead atoms. The van der Waals surface area contributed by atoms with E-state index >= 15 is 0 Å². The number of para-hydroxylation sites is 1. The largest absolute Gasteiger partial charge is 0.331 e. The molecule has 3 rings (SSSR count). The van der Waals surface area contributed by atoms with E-state index < -0.39 is 11.6 Å². The second-order valence-corrected chi connectivity index (χ2v) is 6.12. The highest BCUT2D eigenvalue weighted by atomic mass is 16.2. The molecule has 138 valence electrons. The van der Waals surface area contributed by atoms with E-state index in [-0.39, 0.29) is 24.4 Å². The first-order valence-corrected chi connectivity index (χ1v) is 8.55. The van der Waals surface area contributed by atoms with Crippen molar-refractivity contribution in [2.24, 2.45) is 0 Å². The molecule has 0 aliphatic carbocycles. The van der Waals surface area contributed by atoms with Crippen LogP contribution in [-0.4, -0.2) is 20.8 Å². The predicted octanol–water partition coefficient (Wildman–Crippen LogP) is 2.02. The molecule has 1 aromatic heterocycles. The van der Waals surface area contributed by atoms with E-state index in [4.69, 9.17) is 0 Å². The van der Waals surface area contributed by atoms with Crippen LogP contribution < -0.4 is 16.6 Å². The molecule has 1 N–H and O–H groups in total. The monoisotopic (exact) mass is 365 g/mol. The number of nitrogens with one attached hydrogen (secondary N) is 1. The quantitative estimate of drug-likeness (QED) is 0.701. The molecule has 0 atom stereocenters. The van der Waals surface area contributed by atoms with Gasteiger partial charge in [0.15, 0.2) is 5.78 Å². The summed E-state index contributed by atoms with van der Waals surface area (Å²) in [7, 11) is 0. The maximum Gasteiger partial charge on any atom is 0.331 e. The number of hydrogen-bond acceptors (Lipinski definition) is 4. The van der Waals surface area contributed by atoms with E-state index in [0.717, 1.165) is 4.57 Å². The second-order valence-electron chi connectivity index (χ2n) is 6.12. The second kappa shape index (κ2) is 7.41. The lowest BCUT2D eigenvalue weighted by Crippen LogP contribution is -2.41. The normalized spacial score (nSPS) is 10.7. The van der Waals surface area contributed by atoms with Crippen molar-refractivity contribution < 1.29 is 9.59 Å². The Labute approximate surface area is 154 Å². The van der Waals surface area contributed by atoms with Crippen LogP contribution in [0.1, 0.15) is 24.2 Å². The summed E-state index contributed by atoms with van der Waals surface area (Å²) in [6.07, 6.45) is 0. The Morgan fingerprint density at radius 3 is 2.26 bits per heavy atom. The molecule has 1 amide bonds. The van der Waals surface area contributed by atoms with Crippen LogP contribution in [0.4, 0.5) is 5.69 Å². The number of carbonyl (C=O) groups excluding carboxylic acids is 2. The number of amides is 1. The van der Waals surface area contributed by atoms with Gasteiger partial charge in [-0.15, -0.1) is 0 Å². The van der Waals surface area contributed by atoms with Crippen molar-refractivity contribution in [3.63, 3.8) is 0 Å². The van der Waals surface area contributed by atoms with E-state index in [0.29, 0.717) is 22.2 Å². The van der Waals surface area contributed by atoms with E-state index in [1.807, 2.05) is 0 Å². The van der Waals surface area contributed by atoms with Crippen LogP contribution in [0, 0.1) is 0 Å². The van der Waals surface area contributed by atoms with Crippen molar-refractivity contribution in [2.45, 2.75) is 26.9 Å². The van der Waals surface area contributed by atoms with E-state index in [9.17, 15) is 19.2 Å². The summed E-state index contributed by atoms with van der Waals surface area (Å²) in [5, 5.41) is 3.09. The lowest BCUT2D eigenvalue weighted by atomic mass is 10.1. The van der Waals surface area contributed by atoms with E-state index in [1.54, 1.807) is 55.5 Å². The molecule has 27 heavy (non-hydrogen) atoms. The lowest BCUT2D eigenvalue weighted by Gasteiger charge is -2.13. The highest BCUT2D eigenvalue weighted by Crippen LogP contribution is 2.11. The highest BCUT2D eigenvalue weighted by Gasteiger charge is 2.14. The van der Waals surface area contributed by atoms with Gasteiger partial charge in [0.05, 0.1) is 10.9 Å². The maximum atomic E-state index is 12.7. The molecule has 0 radical (unpaired) electrons. The number of rotatable bonds is 5. The van der Waals surface area contributed by atoms with E-state index in [1.165, 1.54) is 11.5 Å². The van der Waals surface area contributed by atoms with Crippen molar-refractivity contribution in [1.82, 2.24) is 9.13 Å². The van der Waals surface area contributed by atoms with Crippen LogP contribution in [0.3, 0.4) is 0 Å². The average molecular weight is 365 g/mol. The number of carbonyl (C=O) groups is 2. The summed E-state index contributed by atoms with van der Waals surface area (Å²) in [5.74, 6) is -0.466. The molecule has 1 heterocycles. The molecule has 2 aromatic carbocycles. The smallest absolute Gasteiger partial charge is 0.325 e. The number of hydrogen-bond donors (Lipinski definition) is 1. The summed E-state index contributed by atoms with van der Waals surface area (Å²) in [6, 6.07) is 13.2. The topological polar surface area (TPSA) is 90.2 Å². The minimum atomic E-state index is -0.525. The number of nitrogens with zero attached hydrogens (tertiary/aromatic N) is 2. The van der Waals surface area contributed by atoms with Crippen LogP contribution in [0.25, 0.3) is 10.9 Å². The first-order valence-electron chi connectivity index (χ1n) is 8.55. The lowest BCUT2D eigenvalue weighted by molar-refractivity contribution is -0.116. The number of fused-ring (bicyclic) bond motifs is 1. The molecular weight excluding hydrogens is 346 g/mol. The minimum absolute atomic E-state index is 0.0623. The molecule has 0 aliphatic heterocycles. The average Bonchev–Trinajstić information content (AvgIpc) is 2.66. The van der Waals surface area contributed by atoms with Gasteiger partial charge in [0.2, 0.25) is 5.91 Å². The number of Topliss-reactive ketones (excluding diaryl/α,β-unsaturated/α-hetero) is 1. The standard InChI is InChI=1S/C20H19N3O4/c1-3-22-19(26)16-6-4-5-7-17(16)23(20(22)27)12-18(25)21-15-10-8-14(9-11-15)13(2)24/h4-11H,3,12H2,1-2H3,(H,21,25). The molecule has 0 unspecified atom stereocenters.